The van der Waals surface area contributed by atoms with Crippen molar-refractivity contribution in [1.82, 2.24) is 9.97 Å². The van der Waals surface area contributed by atoms with Crippen molar-refractivity contribution in [3.05, 3.63) is 46.2 Å². The van der Waals surface area contributed by atoms with Crippen molar-refractivity contribution >= 4 is 11.6 Å². The van der Waals surface area contributed by atoms with Crippen molar-refractivity contribution in [2.75, 3.05) is 0 Å². The van der Waals surface area contributed by atoms with Gasteiger partial charge in [-0.25, -0.2) is 9.97 Å². The molecule has 1 heterocycles. The smallest absolute Gasteiger partial charge is 0.161 e. The number of hydrogen-bond acceptors (Lipinski definition) is 2. The maximum absolute atomic E-state index is 6.29. The fourth-order valence-electron chi connectivity index (χ4n) is 2.86. The maximum atomic E-state index is 6.29. The summed E-state index contributed by atoms with van der Waals surface area (Å²) >= 11 is 6.29. The second-order valence-corrected chi connectivity index (χ2v) is 5.87. The average Bonchev–Trinajstić information content (AvgIpc) is 3.17. The largest absolute Gasteiger partial charge is 0.233 e. The molecule has 0 bridgehead atoms. The van der Waals surface area contributed by atoms with Crippen LogP contribution in [0.2, 0.25) is 5.15 Å². The Balaban J connectivity index is 1.79. The minimum absolute atomic E-state index is 0.648. The highest BCUT2D eigenvalue weighted by atomic mass is 35.5. The minimum atomic E-state index is 0.648. The van der Waals surface area contributed by atoms with Gasteiger partial charge in [0.15, 0.2) is 5.82 Å². The van der Waals surface area contributed by atoms with Crippen LogP contribution < -0.4 is 0 Å². The molecule has 0 N–H and O–H groups in total. The third kappa shape index (κ3) is 2.04. The molecule has 0 unspecified atom stereocenters. The quantitative estimate of drug-likeness (QED) is 0.766. The molecule has 19 heavy (non-hydrogen) atoms. The summed E-state index contributed by atoms with van der Waals surface area (Å²) < 4.78 is 0. The monoisotopic (exact) mass is 270 g/mol. The van der Waals surface area contributed by atoms with E-state index >= 15 is 0 Å². The lowest BCUT2D eigenvalue weighted by atomic mass is 10.1. The third-order valence-corrected chi connectivity index (χ3v) is 4.39. The Bertz CT molecular complexity index is 647. The van der Waals surface area contributed by atoms with E-state index in [1.54, 1.807) is 0 Å². The van der Waals surface area contributed by atoms with Crippen LogP contribution in [-0.4, -0.2) is 9.97 Å². The van der Waals surface area contributed by atoms with Crippen LogP contribution in [0.4, 0.5) is 0 Å². The van der Waals surface area contributed by atoms with E-state index in [0.717, 1.165) is 47.8 Å². The molecule has 2 aliphatic carbocycles. The highest BCUT2D eigenvalue weighted by molar-refractivity contribution is 6.30. The van der Waals surface area contributed by atoms with Crippen LogP contribution in [0.5, 0.6) is 0 Å². The zero-order valence-corrected chi connectivity index (χ0v) is 11.5. The van der Waals surface area contributed by atoms with Gasteiger partial charge in [0.05, 0.1) is 0 Å². The molecule has 2 aromatic rings. The van der Waals surface area contributed by atoms with Crippen molar-refractivity contribution in [3.63, 3.8) is 0 Å². The van der Waals surface area contributed by atoms with Crippen molar-refractivity contribution in [2.24, 2.45) is 0 Å². The second kappa shape index (κ2) is 4.31. The van der Waals surface area contributed by atoms with E-state index < -0.39 is 0 Å². The van der Waals surface area contributed by atoms with Crippen molar-refractivity contribution in [3.8, 4) is 11.4 Å². The molecule has 4 rings (SSSR count). The van der Waals surface area contributed by atoms with Crippen molar-refractivity contribution in [1.29, 1.82) is 0 Å². The number of fused-ring (bicyclic) bond motifs is 1. The Kier molecular flexibility index (Phi) is 2.59. The second-order valence-electron chi connectivity index (χ2n) is 5.52. The molecule has 1 aromatic heterocycles. The Morgan fingerprint density at radius 2 is 2.00 bits per heavy atom. The summed E-state index contributed by atoms with van der Waals surface area (Å²) in [5.74, 6) is 1.54. The van der Waals surface area contributed by atoms with E-state index in [0.29, 0.717) is 5.15 Å². The highest BCUT2D eigenvalue weighted by Gasteiger charge is 2.24. The van der Waals surface area contributed by atoms with Gasteiger partial charge in [0.25, 0.3) is 0 Å². The SMILES string of the molecule is Clc1nc(-c2cccc(C3CC3)c2)nc2c1CCC2. The van der Waals surface area contributed by atoms with Gasteiger partial charge in [-0.3, -0.25) is 0 Å². The molecular formula is C16H15ClN2. The van der Waals surface area contributed by atoms with Crippen LogP contribution in [0.25, 0.3) is 11.4 Å². The molecule has 2 nitrogen and oxygen atoms in total. The van der Waals surface area contributed by atoms with E-state index in [1.165, 1.54) is 18.4 Å². The molecule has 1 saturated carbocycles. The lowest BCUT2D eigenvalue weighted by molar-refractivity contribution is 0.900. The molecular weight excluding hydrogens is 256 g/mol. The van der Waals surface area contributed by atoms with E-state index in [2.05, 4.69) is 29.2 Å². The number of benzene rings is 1. The van der Waals surface area contributed by atoms with Gasteiger partial charge in [0.2, 0.25) is 0 Å². The summed E-state index contributed by atoms with van der Waals surface area (Å²) in [4.78, 5) is 9.20. The Hall–Kier alpha value is -1.41. The number of aromatic nitrogens is 2. The molecule has 0 amide bonds. The van der Waals surface area contributed by atoms with Crippen molar-refractivity contribution in [2.45, 2.75) is 38.0 Å². The normalized spacial score (nSPS) is 17.5. The number of halogens is 1. The zero-order chi connectivity index (χ0) is 12.8. The summed E-state index contributed by atoms with van der Waals surface area (Å²) in [5, 5.41) is 0.648. The van der Waals surface area contributed by atoms with Gasteiger partial charge < -0.3 is 0 Å². The summed E-state index contributed by atoms with van der Waals surface area (Å²) in [6, 6.07) is 8.62. The van der Waals surface area contributed by atoms with Gasteiger partial charge in [0.1, 0.15) is 5.15 Å². The Labute approximate surface area is 117 Å². The predicted octanol–water partition coefficient (Wildman–Crippen LogP) is 4.16. The first kappa shape index (κ1) is 11.4. The van der Waals surface area contributed by atoms with Crippen LogP contribution in [0.1, 0.15) is 42.0 Å². The molecule has 1 aromatic carbocycles. The van der Waals surface area contributed by atoms with Crippen LogP contribution in [0.15, 0.2) is 24.3 Å². The molecule has 1 fully saturated rings. The maximum Gasteiger partial charge on any atom is 0.161 e. The van der Waals surface area contributed by atoms with Gasteiger partial charge in [-0.15, -0.1) is 0 Å². The first-order valence-electron chi connectivity index (χ1n) is 6.97. The average molecular weight is 271 g/mol. The van der Waals surface area contributed by atoms with Crippen LogP contribution in [0, 0.1) is 0 Å². The Morgan fingerprint density at radius 3 is 2.84 bits per heavy atom. The van der Waals surface area contributed by atoms with Crippen LogP contribution in [-0.2, 0) is 12.8 Å². The molecule has 0 atom stereocenters. The first-order chi connectivity index (χ1) is 9.31. The minimum Gasteiger partial charge on any atom is -0.233 e. The summed E-state index contributed by atoms with van der Waals surface area (Å²) in [6.07, 6.45) is 5.84. The fourth-order valence-corrected chi connectivity index (χ4v) is 3.15. The third-order valence-electron chi connectivity index (χ3n) is 4.08. The molecule has 0 radical (unpaired) electrons. The summed E-state index contributed by atoms with van der Waals surface area (Å²) in [5.41, 5.74) is 4.81. The highest BCUT2D eigenvalue weighted by Crippen LogP contribution is 2.41. The predicted molar refractivity (Wildman–Crippen MR) is 76.5 cm³/mol. The zero-order valence-electron chi connectivity index (χ0n) is 10.7. The molecule has 0 saturated heterocycles. The van der Waals surface area contributed by atoms with Gasteiger partial charge in [-0.2, -0.15) is 0 Å². The van der Waals surface area contributed by atoms with E-state index in [1.807, 2.05) is 0 Å². The van der Waals surface area contributed by atoms with Gasteiger partial charge in [-0.05, 0) is 49.7 Å². The molecule has 3 heteroatoms. The molecule has 96 valence electrons. The Morgan fingerprint density at radius 1 is 1.11 bits per heavy atom. The van der Waals surface area contributed by atoms with E-state index in [4.69, 9.17) is 16.6 Å². The van der Waals surface area contributed by atoms with Crippen molar-refractivity contribution < 1.29 is 0 Å². The number of nitrogens with zero attached hydrogens (tertiary/aromatic N) is 2. The molecule has 0 aliphatic heterocycles. The standard InChI is InChI=1S/C16H15ClN2/c17-15-13-5-2-6-14(13)18-16(19-15)12-4-1-3-11(9-12)10-7-8-10/h1,3-4,9-10H,2,5-8H2. The van der Waals surface area contributed by atoms with E-state index in [9.17, 15) is 0 Å². The van der Waals surface area contributed by atoms with Crippen LogP contribution in [0.3, 0.4) is 0 Å². The van der Waals surface area contributed by atoms with Gasteiger partial charge in [-0.1, -0.05) is 29.8 Å². The molecule has 0 spiro atoms. The number of rotatable bonds is 2. The number of hydrogen-bond donors (Lipinski definition) is 0. The van der Waals surface area contributed by atoms with Gasteiger partial charge in [0, 0.05) is 16.8 Å². The van der Waals surface area contributed by atoms with E-state index in [-0.39, 0.29) is 0 Å². The van der Waals surface area contributed by atoms with Gasteiger partial charge >= 0.3 is 0 Å². The topological polar surface area (TPSA) is 25.8 Å². The summed E-state index contributed by atoms with van der Waals surface area (Å²) in [6.45, 7) is 0. The first-order valence-corrected chi connectivity index (χ1v) is 7.35. The van der Waals surface area contributed by atoms with Crippen LogP contribution >= 0.6 is 11.6 Å². The fraction of sp³-hybridized carbons (Fsp3) is 0.375. The summed E-state index contributed by atoms with van der Waals surface area (Å²) in [7, 11) is 0. The lowest BCUT2D eigenvalue weighted by Gasteiger charge is -2.07. The number of aryl methyl sites for hydroxylation is 1. The molecule has 2 aliphatic rings. The lowest BCUT2D eigenvalue weighted by Crippen LogP contribution is -1.97.